The van der Waals surface area contributed by atoms with Crippen molar-refractivity contribution in [3.05, 3.63) is 24.2 Å². The van der Waals surface area contributed by atoms with E-state index < -0.39 is 129 Å². The zero-order valence-electron chi connectivity index (χ0n) is 33.8. The molecule has 17 nitrogen and oxygen atoms in total. The third-order valence-electron chi connectivity index (χ3n) is 15.5. The van der Waals surface area contributed by atoms with E-state index in [2.05, 4.69) is 0 Å². The number of hydrogen-bond acceptors (Lipinski definition) is 17. The minimum absolute atomic E-state index is 0.0865. The fraction of sp³-hybridized carbons (Fsp3) is 0.775. The molecule has 8 rings (SSSR count). The normalized spacial score (nSPS) is 49.8. The molecule has 57 heavy (non-hydrogen) atoms. The molecule has 4 heterocycles. The summed E-state index contributed by atoms with van der Waals surface area (Å²) in [6.07, 6.45) is -5.50. The van der Waals surface area contributed by atoms with Crippen molar-refractivity contribution in [1.82, 2.24) is 0 Å². The van der Waals surface area contributed by atoms with Gasteiger partial charge >= 0.3 is 29.8 Å². The third kappa shape index (κ3) is 4.42. The van der Waals surface area contributed by atoms with Gasteiger partial charge in [0.15, 0.2) is 22.9 Å². The van der Waals surface area contributed by atoms with Crippen LogP contribution in [0.15, 0.2) is 23.0 Å². The second kappa shape index (κ2) is 12.0. The first-order valence-electron chi connectivity index (χ1n) is 19.4. The van der Waals surface area contributed by atoms with Crippen molar-refractivity contribution in [2.45, 2.75) is 152 Å². The predicted octanol–water partition coefficient (Wildman–Crippen LogP) is 2.57. The first-order chi connectivity index (χ1) is 26.5. The summed E-state index contributed by atoms with van der Waals surface area (Å²) in [7, 11) is 2.42. The second-order valence-corrected chi connectivity index (χ2v) is 18.0. The molecule has 4 saturated carbocycles. The molecule has 2 spiro atoms. The Hall–Kier alpha value is -3.61. The fourth-order valence-electron chi connectivity index (χ4n) is 13.2. The number of methoxy groups -OCH3 is 2. The number of fused-ring (bicyclic) bond motifs is 2. The number of carbonyl (C=O) groups is 5. The summed E-state index contributed by atoms with van der Waals surface area (Å²) in [4.78, 5) is 68.5. The second-order valence-electron chi connectivity index (χ2n) is 18.0. The largest absolute Gasteiger partial charge is 0.472 e. The summed E-state index contributed by atoms with van der Waals surface area (Å²) in [5, 5.41) is 27.3. The number of epoxide rings is 1. The van der Waals surface area contributed by atoms with Crippen LogP contribution in [0.5, 0.6) is 0 Å². The number of hydrogen-bond donors (Lipinski definition) is 2. The first kappa shape index (κ1) is 40.2. The minimum Gasteiger partial charge on any atom is -0.472 e. The number of carbonyl (C=O) groups excluding carboxylic acids is 5. The van der Waals surface area contributed by atoms with Crippen LogP contribution in [0.2, 0.25) is 0 Å². The number of aliphatic hydroxyl groups is 2. The van der Waals surface area contributed by atoms with Crippen molar-refractivity contribution in [2.75, 3.05) is 14.2 Å². The summed E-state index contributed by atoms with van der Waals surface area (Å²) in [5.74, 6) is -8.14. The molecule has 2 N–H and O–H groups in total. The van der Waals surface area contributed by atoms with E-state index in [1.165, 1.54) is 40.6 Å². The van der Waals surface area contributed by atoms with E-state index >= 15 is 0 Å². The number of aliphatic hydroxyl groups excluding tert-OH is 1. The highest BCUT2D eigenvalue weighted by atomic mass is 16.9. The molecular formula is C40H52O17. The lowest BCUT2D eigenvalue weighted by Crippen LogP contribution is -2.95. The summed E-state index contributed by atoms with van der Waals surface area (Å²) in [6.45, 7) is 12.6. The van der Waals surface area contributed by atoms with Crippen molar-refractivity contribution < 1.29 is 81.2 Å². The Morgan fingerprint density at radius 1 is 0.912 bits per heavy atom. The van der Waals surface area contributed by atoms with Crippen LogP contribution in [0.1, 0.15) is 99.2 Å². The molecule has 314 valence electrons. The van der Waals surface area contributed by atoms with Gasteiger partial charge in [-0.05, 0) is 38.7 Å². The molecule has 0 unspecified atom stereocenters. The molecule has 0 aromatic carbocycles. The monoisotopic (exact) mass is 804 g/mol. The average Bonchev–Trinajstić information content (AvgIpc) is 3.47. The molecule has 4 bridgehead atoms. The van der Waals surface area contributed by atoms with Gasteiger partial charge in [-0.2, -0.15) is 0 Å². The van der Waals surface area contributed by atoms with Crippen molar-refractivity contribution in [3.8, 4) is 0 Å². The lowest BCUT2D eigenvalue weighted by Gasteiger charge is -2.77. The van der Waals surface area contributed by atoms with E-state index in [1.807, 2.05) is 0 Å². The molecule has 0 amide bonds. The summed E-state index contributed by atoms with van der Waals surface area (Å²) >= 11 is 0. The summed E-state index contributed by atoms with van der Waals surface area (Å²) < 4.78 is 61.7. The molecule has 16 atom stereocenters. The Morgan fingerprint density at radius 2 is 1.54 bits per heavy atom. The van der Waals surface area contributed by atoms with Crippen molar-refractivity contribution in [1.29, 1.82) is 0 Å². The van der Waals surface area contributed by atoms with Gasteiger partial charge in [0.05, 0.1) is 45.4 Å². The standard InChI is InChI=1S/C40H52O17/c1-11-25(43)52-30-38(47)29(53-31(46)34(6)19(2)54-34)33(5)18-37(38)35(7,22(33)14-26(44)48-9)40-24(42)16-32(4,28(51-20(3)41)21-12-13-50-17-21)23(15-27(45)49-10)39(30,40)56-36(8,55-37)57-40/h12-13,17,19,22-24,28-30,42,47H,11,14-16,18H2,1-10H3/t19-,22-,23-,24-,28+,29+,30+,32+,33+,34+,35+,36+,37+,38-,39+,40-/m0/s1. The Labute approximate surface area is 329 Å². The summed E-state index contributed by atoms with van der Waals surface area (Å²) in [6, 6.07) is 1.57. The smallest absolute Gasteiger partial charge is 0.341 e. The zero-order chi connectivity index (χ0) is 41.7. The maximum Gasteiger partial charge on any atom is 0.341 e. The van der Waals surface area contributed by atoms with E-state index in [4.69, 9.17) is 47.0 Å². The number of rotatable bonds is 11. The van der Waals surface area contributed by atoms with Gasteiger partial charge < -0.3 is 57.3 Å². The molecule has 7 fully saturated rings. The predicted molar refractivity (Wildman–Crippen MR) is 187 cm³/mol. The van der Waals surface area contributed by atoms with Crippen molar-refractivity contribution >= 4 is 29.8 Å². The fourth-order valence-corrected chi connectivity index (χ4v) is 13.2. The van der Waals surface area contributed by atoms with Crippen molar-refractivity contribution in [2.24, 2.45) is 28.1 Å². The molecular weight excluding hydrogens is 752 g/mol. The Kier molecular flexibility index (Phi) is 8.46. The molecule has 7 aliphatic rings. The Bertz CT molecular complexity index is 1920. The van der Waals surface area contributed by atoms with Crippen LogP contribution >= 0.6 is 0 Å². The van der Waals surface area contributed by atoms with Crippen LogP contribution in [0, 0.1) is 28.1 Å². The number of furan rings is 1. The highest BCUT2D eigenvalue weighted by Crippen LogP contribution is 2.89. The summed E-state index contributed by atoms with van der Waals surface area (Å²) in [5.41, 5.74) is -14.4. The average molecular weight is 805 g/mol. The highest BCUT2D eigenvalue weighted by molar-refractivity contribution is 5.83. The maximum atomic E-state index is 14.2. The number of esters is 5. The lowest BCUT2D eigenvalue weighted by molar-refractivity contribution is -0.487. The van der Waals surface area contributed by atoms with Gasteiger partial charge in [-0.25, -0.2) is 4.79 Å². The Morgan fingerprint density at radius 3 is 2.09 bits per heavy atom. The van der Waals surface area contributed by atoms with Crippen LogP contribution in [0.25, 0.3) is 0 Å². The van der Waals surface area contributed by atoms with Gasteiger partial charge in [-0.1, -0.05) is 27.7 Å². The van der Waals surface area contributed by atoms with Crippen LogP contribution < -0.4 is 0 Å². The highest BCUT2D eigenvalue weighted by Gasteiger charge is 3.05. The maximum absolute atomic E-state index is 14.2. The van der Waals surface area contributed by atoms with Crippen LogP contribution in [-0.4, -0.2) is 113 Å². The van der Waals surface area contributed by atoms with Crippen molar-refractivity contribution in [3.63, 3.8) is 0 Å². The van der Waals surface area contributed by atoms with Gasteiger partial charge in [0.25, 0.3) is 5.97 Å². The molecule has 17 heteroatoms. The van der Waals surface area contributed by atoms with Gasteiger partial charge in [-0.15, -0.1) is 0 Å². The first-order valence-corrected chi connectivity index (χ1v) is 19.4. The number of ether oxygens (including phenoxy) is 9. The quantitative estimate of drug-likeness (QED) is 0.186. The molecule has 0 radical (unpaired) electrons. The molecule has 1 aromatic heterocycles. The molecule has 4 aliphatic carbocycles. The van der Waals surface area contributed by atoms with Gasteiger partial charge in [0, 0.05) is 54.4 Å². The van der Waals surface area contributed by atoms with E-state index in [0.29, 0.717) is 5.56 Å². The molecule has 3 aliphatic heterocycles. The van der Waals surface area contributed by atoms with E-state index in [9.17, 15) is 34.2 Å². The molecule has 1 aromatic rings. The zero-order valence-corrected chi connectivity index (χ0v) is 33.8. The van der Waals surface area contributed by atoms with Gasteiger partial charge in [0.1, 0.15) is 23.4 Å². The van der Waals surface area contributed by atoms with E-state index in [0.717, 1.165) is 0 Å². The van der Waals surface area contributed by atoms with Crippen LogP contribution in [-0.2, 0) is 66.6 Å². The van der Waals surface area contributed by atoms with Gasteiger partial charge in [0.2, 0.25) is 0 Å². The lowest BCUT2D eigenvalue weighted by atomic mass is 9.33. The van der Waals surface area contributed by atoms with Crippen LogP contribution in [0.4, 0.5) is 0 Å². The molecule has 3 saturated heterocycles. The third-order valence-corrected chi connectivity index (χ3v) is 15.5. The topological polar surface area (TPSA) is 225 Å². The van der Waals surface area contributed by atoms with Crippen LogP contribution in [0.3, 0.4) is 0 Å². The van der Waals surface area contributed by atoms with Gasteiger partial charge in [-0.3, -0.25) is 19.2 Å². The minimum atomic E-state index is -2.53. The Balaban J connectivity index is 1.48. The van der Waals surface area contributed by atoms with E-state index in [1.54, 1.807) is 47.6 Å². The SMILES string of the molecule is CCC(=O)O[C@@H]1[C@@]2(O)[C@H](OC(=O)[C@]3(C)O[C@H]3C)[C@]3(C)C[C@]24O[C@]2(C)O[C@]15[C@@H](CC(=O)OC)[C@](C)([C@H](OC(C)=O)c1ccoc1)C[C@H](O)[C@]5(O2)[C@]4(C)[C@H]3CC(=O)OC. The van der Waals surface area contributed by atoms with E-state index in [-0.39, 0.29) is 25.7 Å².